The summed E-state index contributed by atoms with van der Waals surface area (Å²) in [6.07, 6.45) is 88.5. The monoisotopic (exact) mass is 1070 g/mol. The van der Waals surface area contributed by atoms with Crippen molar-refractivity contribution in [1.82, 2.24) is 0 Å². The maximum atomic E-state index is 12.8. The molecule has 0 aromatic carbocycles. The van der Waals surface area contributed by atoms with Crippen LogP contribution in [0.4, 0.5) is 0 Å². The molecule has 0 heterocycles. The molecule has 0 aromatic rings. The lowest BCUT2D eigenvalue weighted by Gasteiger charge is -2.18. The van der Waals surface area contributed by atoms with E-state index in [1.54, 1.807) is 0 Å². The number of hydrogen-bond acceptors (Lipinski definition) is 6. The Hall–Kier alpha value is -3.93. The number of allylic oxidation sites excluding steroid dienone is 18. The van der Waals surface area contributed by atoms with E-state index in [0.29, 0.717) is 19.3 Å². The Balaban J connectivity index is 4.06. The summed E-state index contributed by atoms with van der Waals surface area (Å²) in [6.45, 7) is 6.37. The molecular weight excluding hydrogens is 949 g/mol. The average molecular weight is 1070 g/mol. The van der Waals surface area contributed by atoms with E-state index in [-0.39, 0.29) is 37.5 Å². The zero-order valence-corrected chi connectivity index (χ0v) is 50.4. The molecule has 0 aliphatic rings. The van der Waals surface area contributed by atoms with Crippen LogP contribution in [0.15, 0.2) is 109 Å². The Labute approximate surface area is 476 Å². The molecule has 440 valence electrons. The van der Waals surface area contributed by atoms with Gasteiger partial charge < -0.3 is 14.2 Å². The lowest BCUT2D eigenvalue weighted by molar-refractivity contribution is -0.167. The Morgan fingerprint density at radius 1 is 0.273 bits per heavy atom. The van der Waals surface area contributed by atoms with E-state index in [0.717, 1.165) is 109 Å². The molecule has 0 saturated carbocycles. The van der Waals surface area contributed by atoms with Gasteiger partial charge >= 0.3 is 17.9 Å². The van der Waals surface area contributed by atoms with Gasteiger partial charge in [0.2, 0.25) is 0 Å². The van der Waals surface area contributed by atoms with Gasteiger partial charge in [-0.15, -0.1) is 0 Å². The zero-order chi connectivity index (χ0) is 55.7. The van der Waals surface area contributed by atoms with Gasteiger partial charge in [-0.2, -0.15) is 0 Å². The molecule has 6 heteroatoms. The Kier molecular flexibility index (Phi) is 61.3. The first kappa shape index (κ1) is 73.1. The first-order chi connectivity index (χ1) is 38.0. The molecule has 6 nitrogen and oxygen atoms in total. The molecule has 0 saturated heterocycles. The minimum atomic E-state index is -0.796. The van der Waals surface area contributed by atoms with Crippen molar-refractivity contribution in [1.29, 1.82) is 0 Å². The Morgan fingerprint density at radius 3 is 0.818 bits per heavy atom. The molecule has 0 radical (unpaired) electrons. The van der Waals surface area contributed by atoms with Gasteiger partial charge in [-0.25, -0.2) is 0 Å². The van der Waals surface area contributed by atoms with Crippen molar-refractivity contribution in [3.63, 3.8) is 0 Å². The van der Waals surface area contributed by atoms with Crippen molar-refractivity contribution in [2.75, 3.05) is 13.2 Å². The molecule has 0 spiro atoms. The first-order valence-electron chi connectivity index (χ1n) is 32.4. The van der Waals surface area contributed by atoms with Crippen molar-refractivity contribution in [3.8, 4) is 0 Å². The van der Waals surface area contributed by atoms with E-state index in [1.165, 1.54) is 148 Å². The van der Waals surface area contributed by atoms with Crippen LogP contribution in [0.25, 0.3) is 0 Å². The molecule has 0 aliphatic heterocycles. The third-order valence-corrected chi connectivity index (χ3v) is 13.8. The van der Waals surface area contributed by atoms with Crippen LogP contribution in [0.3, 0.4) is 0 Å². The maximum Gasteiger partial charge on any atom is 0.306 e. The summed E-state index contributed by atoms with van der Waals surface area (Å²) in [7, 11) is 0. The topological polar surface area (TPSA) is 78.9 Å². The van der Waals surface area contributed by atoms with Gasteiger partial charge in [-0.3, -0.25) is 14.4 Å². The molecule has 0 rings (SSSR count). The number of hydrogen-bond donors (Lipinski definition) is 0. The van der Waals surface area contributed by atoms with Crippen molar-refractivity contribution < 1.29 is 28.6 Å². The quantitative estimate of drug-likeness (QED) is 0.0261. The summed E-state index contributed by atoms with van der Waals surface area (Å²) in [4.78, 5) is 38.1. The highest BCUT2D eigenvalue weighted by Gasteiger charge is 2.19. The Morgan fingerprint density at radius 2 is 0.506 bits per heavy atom. The van der Waals surface area contributed by atoms with E-state index in [2.05, 4.69) is 130 Å². The van der Waals surface area contributed by atoms with Crippen molar-refractivity contribution in [2.24, 2.45) is 0 Å². The average Bonchev–Trinajstić information content (AvgIpc) is 3.43. The number of carbonyl (C=O) groups is 3. The minimum absolute atomic E-state index is 0.0910. The van der Waals surface area contributed by atoms with Gasteiger partial charge in [-0.05, 0) is 103 Å². The van der Waals surface area contributed by atoms with E-state index >= 15 is 0 Å². The van der Waals surface area contributed by atoms with Crippen LogP contribution in [0.1, 0.15) is 303 Å². The van der Waals surface area contributed by atoms with E-state index in [9.17, 15) is 14.4 Å². The molecule has 0 aromatic heterocycles. The summed E-state index contributed by atoms with van der Waals surface area (Å²) in [5.41, 5.74) is 0. The third-order valence-electron chi connectivity index (χ3n) is 13.8. The van der Waals surface area contributed by atoms with Gasteiger partial charge in [0.25, 0.3) is 0 Å². The highest BCUT2D eigenvalue weighted by molar-refractivity contribution is 5.71. The van der Waals surface area contributed by atoms with Crippen LogP contribution < -0.4 is 0 Å². The maximum absolute atomic E-state index is 12.8. The largest absolute Gasteiger partial charge is 0.462 e. The van der Waals surface area contributed by atoms with Crippen molar-refractivity contribution in [2.45, 2.75) is 309 Å². The van der Waals surface area contributed by atoms with Crippen LogP contribution in [0, 0.1) is 0 Å². The second-order valence-electron chi connectivity index (χ2n) is 21.3. The summed E-state index contributed by atoms with van der Waals surface area (Å²) < 4.78 is 16.8. The van der Waals surface area contributed by atoms with E-state index in [4.69, 9.17) is 14.2 Å². The molecule has 77 heavy (non-hydrogen) atoms. The second-order valence-corrected chi connectivity index (χ2v) is 21.3. The zero-order valence-electron chi connectivity index (χ0n) is 50.4. The number of esters is 3. The standard InChI is InChI=1S/C71H120O6/c1-4-7-10-13-16-19-21-23-25-26-27-28-29-30-31-32-33-34-35-36-37-38-39-40-41-42-43-44-46-47-49-52-55-58-61-64-70(73)76-67-68(66-75-69(72)63-60-57-54-51-18-15-12-9-6-3)77-71(74)65-62-59-56-53-50-48-45-24-22-20-17-14-11-8-5-2/h7-8,10-11,16-17,19-20,23-25,27-28,30-31,45,50,53,68H,4-6,9,12-15,18,21-22,26,29,32-44,46-49,51-52,54-67H2,1-3H3/b10-7-,11-8-,19-16-,20-17-,25-23-,28-27-,31-30-,45-24-,53-50-. The molecule has 1 atom stereocenters. The fourth-order valence-corrected chi connectivity index (χ4v) is 8.99. The lowest BCUT2D eigenvalue weighted by Crippen LogP contribution is -2.30. The molecule has 0 amide bonds. The second kappa shape index (κ2) is 64.6. The van der Waals surface area contributed by atoms with E-state index in [1.807, 2.05) is 0 Å². The minimum Gasteiger partial charge on any atom is -0.462 e. The number of carbonyl (C=O) groups excluding carboxylic acids is 3. The van der Waals surface area contributed by atoms with E-state index < -0.39 is 6.10 Å². The van der Waals surface area contributed by atoms with Crippen LogP contribution in [0.2, 0.25) is 0 Å². The third kappa shape index (κ3) is 62.8. The molecular formula is C71H120O6. The predicted octanol–water partition coefficient (Wildman–Crippen LogP) is 22.2. The summed E-state index contributed by atoms with van der Waals surface area (Å²) in [5, 5.41) is 0. The SMILES string of the molecule is CC/C=C\C/C=C\C/C=C\C/C=C\C/C=C\CCCCCCCCCCCCCCCCCCCCCC(=O)OCC(COC(=O)CCCCCCCCCCC)OC(=O)CCCC/C=C\C/C=C\C/C=C\C/C=C\CC. The molecule has 1 unspecified atom stereocenters. The van der Waals surface area contributed by atoms with Crippen LogP contribution >= 0.6 is 0 Å². The molecule has 0 N–H and O–H groups in total. The number of unbranched alkanes of at least 4 members (excludes halogenated alkanes) is 29. The lowest BCUT2D eigenvalue weighted by atomic mass is 10.0. The van der Waals surface area contributed by atoms with Crippen molar-refractivity contribution in [3.05, 3.63) is 109 Å². The van der Waals surface area contributed by atoms with Crippen LogP contribution in [0.5, 0.6) is 0 Å². The van der Waals surface area contributed by atoms with Crippen LogP contribution in [-0.4, -0.2) is 37.2 Å². The fourth-order valence-electron chi connectivity index (χ4n) is 8.99. The van der Waals surface area contributed by atoms with Gasteiger partial charge in [0.1, 0.15) is 13.2 Å². The Bertz CT molecular complexity index is 1560. The van der Waals surface area contributed by atoms with Crippen molar-refractivity contribution >= 4 is 17.9 Å². The predicted molar refractivity (Wildman–Crippen MR) is 334 cm³/mol. The summed E-state index contributed by atoms with van der Waals surface area (Å²) in [5.74, 6) is -0.928. The smallest absolute Gasteiger partial charge is 0.306 e. The molecule has 0 fully saturated rings. The summed E-state index contributed by atoms with van der Waals surface area (Å²) >= 11 is 0. The van der Waals surface area contributed by atoms with Crippen LogP contribution in [-0.2, 0) is 28.6 Å². The number of rotatable bonds is 58. The highest BCUT2D eigenvalue weighted by atomic mass is 16.6. The number of ether oxygens (including phenoxy) is 3. The first-order valence-corrected chi connectivity index (χ1v) is 32.4. The normalized spacial score (nSPS) is 12.8. The highest BCUT2D eigenvalue weighted by Crippen LogP contribution is 2.17. The van der Waals surface area contributed by atoms with Gasteiger partial charge in [0, 0.05) is 19.3 Å². The van der Waals surface area contributed by atoms with Gasteiger partial charge in [-0.1, -0.05) is 291 Å². The fraction of sp³-hybridized carbons (Fsp3) is 0.704. The summed E-state index contributed by atoms with van der Waals surface area (Å²) in [6, 6.07) is 0. The molecule has 0 bridgehead atoms. The van der Waals surface area contributed by atoms with Gasteiger partial charge in [0.15, 0.2) is 6.10 Å². The van der Waals surface area contributed by atoms with Gasteiger partial charge in [0.05, 0.1) is 0 Å². The molecule has 0 aliphatic carbocycles.